The van der Waals surface area contributed by atoms with Gasteiger partial charge in [0, 0.05) is 22.0 Å². The van der Waals surface area contributed by atoms with Crippen molar-refractivity contribution in [3.63, 3.8) is 0 Å². The summed E-state index contributed by atoms with van der Waals surface area (Å²) < 4.78 is 4.80. The molecule has 14 heavy (non-hydrogen) atoms. The Bertz CT molecular complexity index is 287. The first-order valence-electron chi connectivity index (χ1n) is 4.22. The molecule has 0 unspecified atom stereocenters. The molecular formula is C8H11NO4S. The highest BCUT2D eigenvalue weighted by Crippen LogP contribution is 2.25. The lowest BCUT2D eigenvalue weighted by Crippen LogP contribution is -2.13. The largest absolute Gasteiger partial charge is 0.463 e. The van der Waals surface area contributed by atoms with E-state index in [4.69, 9.17) is 4.74 Å². The van der Waals surface area contributed by atoms with E-state index in [1.54, 1.807) is 6.92 Å². The highest BCUT2D eigenvalue weighted by molar-refractivity contribution is 8.00. The molecule has 0 spiro atoms. The van der Waals surface area contributed by atoms with Crippen molar-refractivity contribution in [2.24, 2.45) is 0 Å². The van der Waals surface area contributed by atoms with E-state index in [9.17, 15) is 14.9 Å². The minimum atomic E-state index is -0.416. The Labute approximate surface area is 85.6 Å². The number of ether oxygens (including phenoxy) is 1. The molecule has 0 aliphatic carbocycles. The van der Waals surface area contributed by atoms with Gasteiger partial charge in [-0.25, -0.2) is 4.79 Å². The highest BCUT2D eigenvalue weighted by atomic mass is 32.2. The quantitative estimate of drug-likeness (QED) is 0.397. The molecule has 0 radical (unpaired) electrons. The monoisotopic (exact) mass is 217 g/mol. The second-order valence-electron chi connectivity index (χ2n) is 2.79. The van der Waals surface area contributed by atoms with E-state index >= 15 is 0 Å². The fourth-order valence-electron chi connectivity index (χ4n) is 1.18. The third-order valence-electron chi connectivity index (χ3n) is 1.79. The van der Waals surface area contributed by atoms with Crippen molar-refractivity contribution in [1.29, 1.82) is 0 Å². The number of rotatable bonds is 4. The Morgan fingerprint density at radius 2 is 2.36 bits per heavy atom. The van der Waals surface area contributed by atoms with Gasteiger partial charge in [0.1, 0.15) is 0 Å². The molecule has 1 aliphatic rings. The lowest BCUT2D eigenvalue weighted by Gasteiger charge is -2.02. The molecule has 0 aromatic rings. The highest BCUT2D eigenvalue weighted by Gasteiger charge is 2.25. The Morgan fingerprint density at radius 1 is 1.64 bits per heavy atom. The molecule has 0 aromatic carbocycles. The van der Waals surface area contributed by atoms with Crippen LogP contribution in [0.1, 0.15) is 6.92 Å². The number of carbonyl (C=O) groups excluding carboxylic acids is 1. The normalized spacial score (nSPS) is 15.8. The molecule has 6 heteroatoms. The zero-order chi connectivity index (χ0) is 10.6. The van der Waals surface area contributed by atoms with Gasteiger partial charge in [0.15, 0.2) is 0 Å². The van der Waals surface area contributed by atoms with Gasteiger partial charge >= 0.3 is 5.97 Å². The predicted octanol–water partition coefficient (Wildman–Crippen LogP) is 0.870. The lowest BCUT2D eigenvalue weighted by molar-refractivity contribution is -0.470. The van der Waals surface area contributed by atoms with Crippen LogP contribution in [0.4, 0.5) is 0 Å². The number of hydrogen-bond acceptors (Lipinski definition) is 5. The summed E-state index contributed by atoms with van der Waals surface area (Å²) in [6, 6.07) is 0. The van der Waals surface area contributed by atoms with Gasteiger partial charge in [-0.15, -0.1) is 0 Å². The molecule has 0 saturated heterocycles. The van der Waals surface area contributed by atoms with E-state index in [1.807, 2.05) is 0 Å². The average molecular weight is 217 g/mol. The Hall–Kier alpha value is -1.04. The Balaban J connectivity index is 2.71. The first kappa shape index (κ1) is 11.0. The van der Waals surface area contributed by atoms with Crippen LogP contribution in [0.3, 0.4) is 0 Å². The molecule has 0 aromatic heterocycles. The summed E-state index contributed by atoms with van der Waals surface area (Å²) >= 11 is 1.51. The molecule has 0 bridgehead atoms. The van der Waals surface area contributed by atoms with E-state index in [0.29, 0.717) is 29.3 Å². The van der Waals surface area contributed by atoms with Crippen molar-refractivity contribution in [3.8, 4) is 0 Å². The SMILES string of the molecule is CCOC(=O)C1=C(C[N+](=O)[O-])CSC1. The molecular weight excluding hydrogens is 206 g/mol. The van der Waals surface area contributed by atoms with Crippen LogP contribution in [0.25, 0.3) is 0 Å². The third kappa shape index (κ3) is 2.73. The van der Waals surface area contributed by atoms with Gasteiger partial charge in [-0.2, -0.15) is 11.8 Å². The van der Waals surface area contributed by atoms with E-state index < -0.39 is 10.9 Å². The Kier molecular flexibility index (Phi) is 3.94. The smallest absolute Gasteiger partial charge is 0.335 e. The van der Waals surface area contributed by atoms with Crippen LogP contribution in [-0.4, -0.2) is 35.5 Å². The summed E-state index contributed by atoms with van der Waals surface area (Å²) in [5.74, 6) is 0.686. The maximum Gasteiger partial charge on any atom is 0.335 e. The maximum absolute atomic E-state index is 11.3. The number of thioether (sulfide) groups is 1. The van der Waals surface area contributed by atoms with Crippen molar-refractivity contribution < 1.29 is 14.5 Å². The fourth-order valence-corrected chi connectivity index (χ4v) is 2.32. The van der Waals surface area contributed by atoms with E-state index in [-0.39, 0.29) is 6.54 Å². The summed E-state index contributed by atoms with van der Waals surface area (Å²) in [4.78, 5) is 21.2. The zero-order valence-electron chi connectivity index (χ0n) is 7.82. The summed E-state index contributed by atoms with van der Waals surface area (Å²) in [7, 11) is 0. The van der Waals surface area contributed by atoms with Gasteiger partial charge in [0.05, 0.1) is 12.2 Å². The van der Waals surface area contributed by atoms with E-state index in [1.165, 1.54) is 11.8 Å². The molecule has 0 N–H and O–H groups in total. The molecule has 0 fully saturated rings. The second kappa shape index (κ2) is 4.99. The molecule has 0 saturated carbocycles. The number of nitro groups is 1. The minimum absolute atomic E-state index is 0.249. The van der Waals surface area contributed by atoms with Gasteiger partial charge in [-0.1, -0.05) is 0 Å². The molecule has 5 nitrogen and oxygen atoms in total. The van der Waals surface area contributed by atoms with Crippen molar-refractivity contribution >= 4 is 17.7 Å². The maximum atomic E-state index is 11.3. The van der Waals surface area contributed by atoms with E-state index in [2.05, 4.69) is 0 Å². The molecule has 0 amide bonds. The first-order chi connectivity index (χ1) is 6.65. The van der Waals surface area contributed by atoms with Crippen molar-refractivity contribution in [2.75, 3.05) is 24.7 Å². The van der Waals surface area contributed by atoms with Gasteiger partial charge in [0.2, 0.25) is 6.54 Å². The van der Waals surface area contributed by atoms with Crippen LogP contribution in [0.15, 0.2) is 11.1 Å². The van der Waals surface area contributed by atoms with Crippen LogP contribution in [0.5, 0.6) is 0 Å². The number of nitrogens with zero attached hydrogens (tertiary/aromatic N) is 1. The van der Waals surface area contributed by atoms with E-state index in [0.717, 1.165) is 0 Å². The number of hydrogen-bond donors (Lipinski definition) is 0. The third-order valence-corrected chi connectivity index (χ3v) is 2.84. The summed E-state index contributed by atoms with van der Waals surface area (Å²) in [6.45, 7) is 1.77. The Morgan fingerprint density at radius 3 is 2.93 bits per heavy atom. The first-order valence-corrected chi connectivity index (χ1v) is 5.38. The van der Waals surface area contributed by atoms with Crippen LogP contribution in [0, 0.1) is 10.1 Å². The topological polar surface area (TPSA) is 69.4 Å². The zero-order valence-corrected chi connectivity index (χ0v) is 8.63. The molecule has 78 valence electrons. The van der Waals surface area contributed by atoms with Crippen LogP contribution >= 0.6 is 11.8 Å². The predicted molar refractivity (Wildman–Crippen MR) is 52.8 cm³/mol. The molecule has 0 atom stereocenters. The van der Waals surface area contributed by atoms with Crippen molar-refractivity contribution in [2.45, 2.75) is 6.92 Å². The lowest BCUT2D eigenvalue weighted by atomic mass is 10.1. The summed E-state index contributed by atoms with van der Waals surface area (Å²) in [6.07, 6.45) is 0. The molecule has 1 rings (SSSR count). The standard InChI is InChI=1S/C8H11NO4S/c1-2-13-8(10)7-5-14-4-6(7)3-9(11)12/h2-5H2,1H3. The average Bonchev–Trinajstić information content (AvgIpc) is 2.51. The molecule has 1 heterocycles. The fraction of sp³-hybridized carbons (Fsp3) is 0.625. The van der Waals surface area contributed by atoms with Gasteiger partial charge in [0.25, 0.3) is 0 Å². The van der Waals surface area contributed by atoms with Crippen molar-refractivity contribution in [3.05, 3.63) is 21.3 Å². The van der Waals surface area contributed by atoms with Gasteiger partial charge in [-0.3, -0.25) is 10.1 Å². The minimum Gasteiger partial charge on any atom is -0.463 e. The van der Waals surface area contributed by atoms with Gasteiger partial charge < -0.3 is 4.74 Å². The van der Waals surface area contributed by atoms with Crippen LogP contribution < -0.4 is 0 Å². The molecule has 1 aliphatic heterocycles. The summed E-state index contributed by atoms with van der Waals surface area (Å²) in [5.41, 5.74) is 1.08. The number of esters is 1. The van der Waals surface area contributed by atoms with Crippen LogP contribution in [0.2, 0.25) is 0 Å². The summed E-state index contributed by atoms with van der Waals surface area (Å²) in [5, 5.41) is 10.3. The number of carbonyl (C=O) groups is 1. The second-order valence-corrected chi connectivity index (χ2v) is 3.77. The van der Waals surface area contributed by atoms with Gasteiger partial charge in [-0.05, 0) is 6.92 Å². The van der Waals surface area contributed by atoms with Crippen molar-refractivity contribution in [1.82, 2.24) is 0 Å². The van der Waals surface area contributed by atoms with Crippen LogP contribution in [-0.2, 0) is 9.53 Å².